The Kier molecular flexibility index (Phi) is 3.82. The zero-order valence-electron chi connectivity index (χ0n) is 12.7. The van der Waals surface area contributed by atoms with E-state index in [1.165, 1.54) is 5.56 Å². The van der Waals surface area contributed by atoms with Gasteiger partial charge in [0, 0.05) is 51.3 Å². The van der Waals surface area contributed by atoms with Crippen molar-refractivity contribution in [3.05, 3.63) is 36.2 Å². The molecule has 0 amide bonds. The highest BCUT2D eigenvalue weighted by Gasteiger charge is 2.35. The Morgan fingerprint density at radius 2 is 2.14 bits per heavy atom. The molecule has 2 aromatic heterocycles. The van der Waals surface area contributed by atoms with Crippen molar-refractivity contribution in [3.63, 3.8) is 0 Å². The van der Waals surface area contributed by atoms with Gasteiger partial charge in [0.15, 0.2) is 0 Å². The molecule has 1 N–H and O–H groups in total. The first-order chi connectivity index (χ1) is 10.1. The number of aromatic nitrogens is 4. The lowest BCUT2D eigenvalue weighted by Gasteiger charge is -2.26. The van der Waals surface area contributed by atoms with Crippen molar-refractivity contribution in [1.82, 2.24) is 24.2 Å². The van der Waals surface area contributed by atoms with Crippen LogP contribution in [-0.2, 0) is 26.2 Å². The molecule has 21 heavy (non-hydrogen) atoms. The molecule has 3 heterocycles. The molecule has 6 nitrogen and oxygen atoms in total. The van der Waals surface area contributed by atoms with Crippen LogP contribution in [-0.4, -0.2) is 42.4 Å². The van der Waals surface area contributed by atoms with E-state index < -0.39 is 5.60 Å². The maximum atomic E-state index is 11.0. The van der Waals surface area contributed by atoms with Gasteiger partial charge in [-0.2, -0.15) is 5.10 Å². The van der Waals surface area contributed by atoms with Crippen molar-refractivity contribution in [3.8, 4) is 0 Å². The van der Waals surface area contributed by atoms with Gasteiger partial charge in [0.25, 0.3) is 0 Å². The van der Waals surface area contributed by atoms with E-state index in [1.54, 1.807) is 6.20 Å². The molecule has 0 saturated carbocycles. The van der Waals surface area contributed by atoms with Crippen LogP contribution >= 0.6 is 0 Å². The summed E-state index contributed by atoms with van der Waals surface area (Å²) in [6.07, 6.45) is 10.1. The molecule has 1 fully saturated rings. The van der Waals surface area contributed by atoms with Gasteiger partial charge in [0.05, 0.1) is 6.20 Å². The van der Waals surface area contributed by atoms with E-state index >= 15 is 0 Å². The van der Waals surface area contributed by atoms with Crippen molar-refractivity contribution >= 4 is 0 Å². The van der Waals surface area contributed by atoms with Crippen molar-refractivity contribution < 1.29 is 5.11 Å². The molecule has 1 saturated heterocycles. The second-order valence-corrected chi connectivity index (χ2v) is 6.05. The molecule has 3 rings (SSSR count). The Morgan fingerprint density at radius 1 is 1.29 bits per heavy atom. The largest absolute Gasteiger partial charge is 0.382 e. The Morgan fingerprint density at radius 3 is 2.81 bits per heavy atom. The molecule has 0 aliphatic carbocycles. The van der Waals surface area contributed by atoms with E-state index in [0.29, 0.717) is 0 Å². The first-order valence-electron chi connectivity index (χ1n) is 7.47. The van der Waals surface area contributed by atoms with Gasteiger partial charge in [-0.05, 0) is 25.8 Å². The summed E-state index contributed by atoms with van der Waals surface area (Å²) < 4.78 is 3.76. The molecular weight excluding hydrogens is 266 g/mol. The van der Waals surface area contributed by atoms with E-state index in [2.05, 4.69) is 21.2 Å². The minimum atomic E-state index is -0.804. The van der Waals surface area contributed by atoms with Crippen LogP contribution in [0.15, 0.2) is 24.8 Å². The number of aryl methyl sites for hydroxylation is 2. The van der Waals surface area contributed by atoms with Gasteiger partial charge in [0.2, 0.25) is 0 Å². The maximum Gasteiger partial charge on any atom is 0.140 e. The molecule has 1 aliphatic heterocycles. The molecule has 1 atom stereocenters. The van der Waals surface area contributed by atoms with Crippen LogP contribution in [0.2, 0.25) is 0 Å². The number of aliphatic hydroxyl groups is 1. The van der Waals surface area contributed by atoms with E-state index in [1.807, 2.05) is 35.7 Å². The molecule has 0 spiro atoms. The highest BCUT2D eigenvalue weighted by atomic mass is 16.3. The summed E-state index contributed by atoms with van der Waals surface area (Å²) in [5.41, 5.74) is 0.419. The molecule has 114 valence electrons. The third-order valence-corrected chi connectivity index (χ3v) is 4.31. The van der Waals surface area contributed by atoms with Gasteiger partial charge >= 0.3 is 0 Å². The van der Waals surface area contributed by atoms with Crippen LogP contribution < -0.4 is 0 Å². The van der Waals surface area contributed by atoms with Crippen molar-refractivity contribution in [2.75, 3.05) is 13.1 Å². The predicted octanol–water partition coefficient (Wildman–Crippen LogP) is 1.03. The number of hydrogen-bond donors (Lipinski definition) is 1. The van der Waals surface area contributed by atoms with Gasteiger partial charge in [-0.3, -0.25) is 9.58 Å². The van der Waals surface area contributed by atoms with E-state index in [-0.39, 0.29) is 0 Å². The van der Waals surface area contributed by atoms with Crippen LogP contribution in [0.5, 0.6) is 0 Å². The lowest BCUT2D eigenvalue weighted by atomic mass is 9.94. The minimum Gasteiger partial charge on any atom is -0.382 e. The van der Waals surface area contributed by atoms with Gasteiger partial charge in [-0.1, -0.05) is 0 Å². The summed E-state index contributed by atoms with van der Waals surface area (Å²) in [5, 5.41) is 15.2. The molecule has 6 heteroatoms. The summed E-state index contributed by atoms with van der Waals surface area (Å²) in [6.45, 7) is 2.77. The molecular formula is C15H23N5O. The highest BCUT2D eigenvalue weighted by Crippen LogP contribution is 2.31. The average Bonchev–Trinajstić information content (AvgIpc) is 3.00. The molecule has 1 unspecified atom stereocenters. The summed E-state index contributed by atoms with van der Waals surface area (Å²) in [5.74, 6) is 0.783. The number of imidazole rings is 1. The molecule has 2 aromatic rings. The first-order valence-corrected chi connectivity index (χ1v) is 7.47. The summed E-state index contributed by atoms with van der Waals surface area (Å²) in [4.78, 5) is 6.73. The summed E-state index contributed by atoms with van der Waals surface area (Å²) in [6, 6.07) is 0. The average molecular weight is 289 g/mol. The van der Waals surface area contributed by atoms with E-state index in [0.717, 1.165) is 44.7 Å². The second-order valence-electron chi connectivity index (χ2n) is 6.05. The maximum absolute atomic E-state index is 11.0. The number of likely N-dealkylation sites (tertiary alicyclic amines) is 1. The van der Waals surface area contributed by atoms with Crippen LogP contribution in [0.3, 0.4) is 0 Å². The third kappa shape index (κ3) is 3.01. The van der Waals surface area contributed by atoms with E-state index in [4.69, 9.17) is 0 Å². The van der Waals surface area contributed by atoms with E-state index in [9.17, 15) is 5.11 Å². The lowest BCUT2D eigenvalue weighted by Crippen LogP contribution is -2.31. The topological polar surface area (TPSA) is 59.1 Å². The zero-order chi connectivity index (χ0) is 14.9. The Balaban J connectivity index is 1.68. The van der Waals surface area contributed by atoms with Crippen LogP contribution in [0, 0.1) is 0 Å². The number of nitrogens with zero attached hydrogens (tertiary/aromatic N) is 5. The molecule has 0 bridgehead atoms. The Bertz CT molecular complexity index is 605. The van der Waals surface area contributed by atoms with Crippen molar-refractivity contribution in [1.29, 1.82) is 0 Å². The fourth-order valence-corrected chi connectivity index (χ4v) is 3.18. The van der Waals surface area contributed by atoms with Crippen LogP contribution in [0.1, 0.15) is 30.7 Å². The fraction of sp³-hybridized carbons (Fsp3) is 0.600. The molecule has 1 aliphatic rings. The molecule has 0 radical (unpaired) electrons. The smallest absolute Gasteiger partial charge is 0.140 e. The lowest BCUT2D eigenvalue weighted by molar-refractivity contribution is 0.00973. The third-order valence-electron chi connectivity index (χ3n) is 4.31. The highest BCUT2D eigenvalue weighted by molar-refractivity contribution is 5.07. The van der Waals surface area contributed by atoms with Crippen LogP contribution in [0.25, 0.3) is 0 Å². The van der Waals surface area contributed by atoms with Gasteiger partial charge in [-0.25, -0.2) is 4.98 Å². The Hall–Kier alpha value is -1.66. The quantitative estimate of drug-likeness (QED) is 0.917. The van der Waals surface area contributed by atoms with Gasteiger partial charge in [-0.15, -0.1) is 0 Å². The summed E-state index contributed by atoms with van der Waals surface area (Å²) >= 11 is 0. The molecule has 0 aromatic carbocycles. The van der Waals surface area contributed by atoms with Gasteiger partial charge in [0.1, 0.15) is 11.4 Å². The Labute approximate surface area is 125 Å². The SMILES string of the molecule is Cn1cc(CN2CCCC(O)(c3nccn3C)CC2)cn1. The predicted molar refractivity (Wildman–Crippen MR) is 79.4 cm³/mol. The monoisotopic (exact) mass is 289 g/mol. The fourth-order valence-electron chi connectivity index (χ4n) is 3.18. The van der Waals surface area contributed by atoms with Crippen LogP contribution in [0.4, 0.5) is 0 Å². The van der Waals surface area contributed by atoms with Gasteiger partial charge < -0.3 is 9.67 Å². The second kappa shape index (κ2) is 5.61. The number of hydrogen-bond acceptors (Lipinski definition) is 4. The first kappa shape index (κ1) is 14.3. The zero-order valence-corrected chi connectivity index (χ0v) is 12.7. The minimum absolute atomic E-state index is 0.720. The van der Waals surface area contributed by atoms with Crippen molar-refractivity contribution in [2.45, 2.75) is 31.4 Å². The standard InChI is InChI=1S/C15H23N5O/c1-18-9-6-16-14(18)15(21)4-3-7-20(8-5-15)12-13-10-17-19(2)11-13/h6,9-11,21H,3-5,7-8,12H2,1-2H3. The summed E-state index contributed by atoms with van der Waals surface area (Å²) in [7, 11) is 3.88. The normalized spacial score (nSPS) is 24.1. The van der Waals surface area contributed by atoms with Crippen molar-refractivity contribution in [2.24, 2.45) is 14.1 Å². The number of rotatable bonds is 3.